The van der Waals surface area contributed by atoms with Crippen molar-refractivity contribution >= 4 is 15.4 Å². The van der Waals surface area contributed by atoms with Gasteiger partial charge in [-0.15, -0.1) is 0 Å². The van der Waals surface area contributed by atoms with Crippen LogP contribution in [0.25, 0.3) is 5.57 Å². The normalized spacial score (nSPS) is 34.3. The van der Waals surface area contributed by atoms with E-state index < -0.39 is 9.84 Å². The molecule has 0 spiro atoms. The molecule has 0 bridgehead atoms. The number of piperidine rings is 1. The second-order valence-corrected chi connectivity index (χ2v) is 7.99. The van der Waals surface area contributed by atoms with Crippen LogP contribution in [0.4, 0.5) is 0 Å². The van der Waals surface area contributed by atoms with E-state index in [0.29, 0.717) is 16.9 Å². The lowest BCUT2D eigenvalue weighted by Crippen LogP contribution is -2.51. The lowest BCUT2D eigenvalue weighted by atomic mass is 9.72. The van der Waals surface area contributed by atoms with Gasteiger partial charge in [-0.25, -0.2) is 8.42 Å². The van der Waals surface area contributed by atoms with Crippen molar-refractivity contribution in [1.82, 2.24) is 4.90 Å². The molecule has 3 atom stereocenters. The van der Waals surface area contributed by atoms with E-state index in [1.807, 2.05) is 6.07 Å². The van der Waals surface area contributed by atoms with E-state index in [4.69, 9.17) is 5.73 Å². The number of hydrogen-bond acceptors (Lipinski definition) is 4. The molecule has 106 valence electrons. The average molecular weight is 290 g/mol. The first kappa shape index (κ1) is 12.6. The minimum absolute atomic E-state index is 0.167. The fourth-order valence-electron chi connectivity index (χ4n) is 4.13. The molecule has 2 aliphatic heterocycles. The molecule has 1 aliphatic carbocycles. The van der Waals surface area contributed by atoms with Crippen molar-refractivity contribution in [3.05, 3.63) is 34.7 Å². The molecule has 5 heteroatoms. The molecule has 1 aromatic carbocycles. The molecule has 3 aliphatic rings. The number of benzene rings is 1. The second-order valence-electron chi connectivity index (χ2n) is 6.22. The van der Waals surface area contributed by atoms with Crippen molar-refractivity contribution in [2.45, 2.75) is 35.7 Å². The molecule has 0 saturated carbocycles. The predicted molar refractivity (Wildman–Crippen MR) is 78.0 cm³/mol. The van der Waals surface area contributed by atoms with Crippen LogP contribution in [-0.4, -0.2) is 39.0 Å². The first-order valence-corrected chi connectivity index (χ1v) is 8.57. The summed E-state index contributed by atoms with van der Waals surface area (Å²) in [6, 6.07) is 6.21. The molecule has 2 heterocycles. The van der Waals surface area contributed by atoms with Crippen molar-refractivity contribution in [1.29, 1.82) is 0 Å². The summed E-state index contributed by atoms with van der Waals surface area (Å²) in [5.74, 6) is 0.351. The fraction of sp³-hybridized carbons (Fsp3) is 0.467. The molecule has 20 heavy (non-hydrogen) atoms. The number of likely N-dealkylation sites (N-methyl/N-ethyl adjacent to an activating group) is 1. The predicted octanol–water partition coefficient (Wildman–Crippen LogP) is 1.33. The molecule has 0 aromatic heterocycles. The Labute approximate surface area is 119 Å². The zero-order valence-corrected chi connectivity index (χ0v) is 12.2. The average Bonchev–Trinajstić information content (AvgIpc) is 2.64. The van der Waals surface area contributed by atoms with E-state index in [2.05, 4.69) is 18.0 Å². The number of rotatable bonds is 0. The van der Waals surface area contributed by atoms with Crippen LogP contribution in [0.5, 0.6) is 0 Å². The number of hydrogen-bond donors (Lipinski definition) is 1. The smallest absolute Gasteiger partial charge is 0.200 e. The maximum atomic E-state index is 12.2. The van der Waals surface area contributed by atoms with Gasteiger partial charge in [0, 0.05) is 35.5 Å². The zero-order valence-electron chi connectivity index (χ0n) is 11.4. The third-order valence-electron chi connectivity index (χ3n) is 4.92. The Kier molecular flexibility index (Phi) is 2.47. The van der Waals surface area contributed by atoms with Crippen molar-refractivity contribution in [3.8, 4) is 0 Å². The Morgan fingerprint density at radius 3 is 2.95 bits per heavy atom. The number of fused-ring (bicyclic) bond motifs is 2. The van der Waals surface area contributed by atoms with Crippen LogP contribution < -0.4 is 5.73 Å². The summed E-state index contributed by atoms with van der Waals surface area (Å²) in [4.78, 5) is 2.78. The maximum absolute atomic E-state index is 12.2. The van der Waals surface area contributed by atoms with E-state index in [1.54, 1.807) is 6.07 Å². The van der Waals surface area contributed by atoms with E-state index in [0.717, 1.165) is 30.5 Å². The first-order valence-electron chi connectivity index (χ1n) is 7.02. The molecule has 0 radical (unpaired) electrons. The standard InChI is InChI=1S/C15H18N2O2S/c1-17-7-10(16)6-12-11-3-2-4-14-15(11)9(5-13(12)17)8-20(14,18)19/h2-4,8,10,12-13H,5-7,16H2,1H3/t10?,12?,13-/m1/s1. The summed E-state index contributed by atoms with van der Waals surface area (Å²) in [7, 11) is -1.14. The topological polar surface area (TPSA) is 63.4 Å². The van der Waals surface area contributed by atoms with Crippen molar-refractivity contribution in [3.63, 3.8) is 0 Å². The van der Waals surface area contributed by atoms with Gasteiger partial charge in [0.25, 0.3) is 0 Å². The monoisotopic (exact) mass is 290 g/mol. The lowest BCUT2D eigenvalue weighted by Gasteiger charge is -2.45. The summed E-state index contributed by atoms with van der Waals surface area (Å²) in [6.07, 6.45) is 1.76. The van der Waals surface area contributed by atoms with Gasteiger partial charge in [-0.2, -0.15) is 0 Å². The summed E-state index contributed by atoms with van der Waals surface area (Å²) in [5, 5.41) is 1.47. The SMILES string of the molecule is CN1CC(N)CC2c3cccc4c3C(=CS4(=O)=O)C[C@H]21. The molecule has 4 rings (SSSR count). The summed E-state index contributed by atoms with van der Waals surface area (Å²) < 4.78 is 24.5. The van der Waals surface area contributed by atoms with Gasteiger partial charge >= 0.3 is 0 Å². The molecule has 1 saturated heterocycles. The molecular weight excluding hydrogens is 272 g/mol. The second kappa shape index (κ2) is 3.93. The van der Waals surface area contributed by atoms with E-state index in [-0.39, 0.29) is 6.04 Å². The van der Waals surface area contributed by atoms with E-state index in [9.17, 15) is 8.42 Å². The largest absolute Gasteiger partial charge is 0.327 e. The van der Waals surface area contributed by atoms with Gasteiger partial charge in [-0.3, -0.25) is 0 Å². The Morgan fingerprint density at radius 1 is 1.35 bits per heavy atom. The summed E-state index contributed by atoms with van der Waals surface area (Å²) >= 11 is 0. The molecule has 2 unspecified atom stereocenters. The van der Waals surface area contributed by atoms with E-state index >= 15 is 0 Å². The lowest BCUT2D eigenvalue weighted by molar-refractivity contribution is 0.143. The van der Waals surface area contributed by atoms with Crippen LogP contribution in [0.1, 0.15) is 29.9 Å². The quantitative estimate of drug-likeness (QED) is 0.783. The molecule has 2 N–H and O–H groups in total. The minimum Gasteiger partial charge on any atom is -0.327 e. The third kappa shape index (κ3) is 1.57. The van der Waals surface area contributed by atoms with Crippen LogP contribution in [0.2, 0.25) is 0 Å². The Morgan fingerprint density at radius 2 is 2.15 bits per heavy atom. The van der Waals surface area contributed by atoms with Gasteiger partial charge in [0.05, 0.1) is 4.90 Å². The highest BCUT2D eigenvalue weighted by molar-refractivity contribution is 7.95. The van der Waals surface area contributed by atoms with Crippen LogP contribution in [-0.2, 0) is 9.84 Å². The van der Waals surface area contributed by atoms with Crippen molar-refractivity contribution in [2.24, 2.45) is 5.73 Å². The number of likely N-dealkylation sites (tertiary alicyclic amines) is 1. The first-order chi connectivity index (χ1) is 9.47. The fourth-order valence-corrected chi connectivity index (χ4v) is 5.64. The van der Waals surface area contributed by atoms with E-state index in [1.165, 1.54) is 11.0 Å². The summed E-state index contributed by atoms with van der Waals surface area (Å²) in [5.41, 5.74) is 9.28. The maximum Gasteiger partial charge on any atom is 0.200 e. The van der Waals surface area contributed by atoms with Crippen LogP contribution in [0.3, 0.4) is 0 Å². The minimum atomic E-state index is -3.24. The Hall–Kier alpha value is -1.17. The highest BCUT2D eigenvalue weighted by Crippen LogP contribution is 2.49. The number of nitrogens with zero attached hydrogens (tertiary/aromatic N) is 1. The molecule has 0 amide bonds. The van der Waals surface area contributed by atoms with Gasteiger partial charge in [-0.05, 0) is 37.1 Å². The van der Waals surface area contributed by atoms with Crippen molar-refractivity contribution in [2.75, 3.05) is 13.6 Å². The van der Waals surface area contributed by atoms with Gasteiger partial charge in [0.15, 0.2) is 0 Å². The Bertz CT molecular complexity index is 723. The number of nitrogens with two attached hydrogens (primary N) is 1. The molecule has 1 fully saturated rings. The van der Waals surface area contributed by atoms with Crippen LogP contribution >= 0.6 is 0 Å². The van der Waals surface area contributed by atoms with Crippen LogP contribution in [0.15, 0.2) is 28.5 Å². The molecular formula is C15H18N2O2S. The highest BCUT2D eigenvalue weighted by atomic mass is 32.2. The zero-order chi connectivity index (χ0) is 14.1. The van der Waals surface area contributed by atoms with Gasteiger partial charge < -0.3 is 10.6 Å². The van der Waals surface area contributed by atoms with Crippen LogP contribution in [0, 0.1) is 0 Å². The van der Waals surface area contributed by atoms with Gasteiger partial charge in [0.2, 0.25) is 9.84 Å². The Balaban J connectivity index is 1.94. The molecule has 1 aromatic rings. The number of sulfone groups is 1. The van der Waals surface area contributed by atoms with Gasteiger partial charge in [-0.1, -0.05) is 12.1 Å². The molecule has 4 nitrogen and oxygen atoms in total. The highest BCUT2D eigenvalue weighted by Gasteiger charge is 2.43. The van der Waals surface area contributed by atoms with Crippen molar-refractivity contribution < 1.29 is 8.42 Å². The third-order valence-corrected chi connectivity index (χ3v) is 6.47. The van der Waals surface area contributed by atoms with Gasteiger partial charge in [0.1, 0.15) is 0 Å². The summed E-state index contributed by atoms with van der Waals surface area (Å²) in [6.45, 7) is 0.885.